The number of halogens is 2. The van der Waals surface area contributed by atoms with Crippen molar-refractivity contribution in [3.05, 3.63) is 35.4 Å². The van der Waals surface area contributed by atoms with Crippen LogP contribution in [0.2, 0.25) is 0 Å². The van der Waals surface area contributed by atoms with Crippen molar-refractivity contribution in [2.24, 2.45) is 5.92 Å². The van der Waals surface area contributed by atoms with Gasteiger partial charge < -0.3 is 20.9 Å². The first kappa shape index (κ1) is 23.7. The van der Waals surface area contributed by atoms with Crippen LogP contribution >= 0.6 is 24.8 Å². The molecule has 0 aliphatic carbocycles. The Morgan fingerprint density at radius 1 is 1.24 bits per heavy atom. The van der Waals surface area contributed by atoms with Crippen LogP contribution in [0.5, 0.6) is 0 Å². The van der Waals surface area contributed by atoms with Gasteiger partial charge in [-0.3, -0.25) is 9.59 Å². The zero-order chi connectivity index (χ0) is 16.7. The van der Waals surface area contributed by atoms with Crippen molar-refractivity contribution in [3.8, 4) is 0 Å². The Morgan fingerprint density at radius 3 is 2.64 bits per heavy atom. The number of hydrogen-bond acceptors (Lipinski definition) is 4. The molecule has 1 heterocycles. The molecule has 0 radical (unpaired) electrons. The normalized spacial score (nSPS) is 15.9. The number of carbonyl (C=O) groups excluding carboxylic acids is 2. The molecule has 142 valence electrons. The highest BCUT2D eigenvalue weighted by Gasteiger charge is 2.21. The fraction of sp³-hybridized carbons (Fsp3) is 0.529. The maximum absolute atomic E-state index is 12.1. The third kappa shape index (κ3) is 8.05. The average molecular weight is 391 g/mol. The van der Waals surface area contributed by atoms with Crippen LogP contribution in [0.15, 0.2) is 24.3 Å². The Balaban J connectivity index is 0.00000288. The summed E-state index contributed by atoms with van der Waals surface area (Å²) >= 11 is 0. The van der Waals surface area contributed by atoms with E-state index in [-0.39, 0.29) is 42.5 Å². The number of likely N-dealkylation sites (N-methyl/N-ethyl adjacent to an activating group) is 1. The molecule has 0 saturated carbocycles. The van der Waals surface area contributed by atoms with Gasteiger partial charge in [0.15, 0.2) is 0 Å². The standard InChI is InChI=1S/C17H26N4O2.2ClH/c1-21(2)9-8-19-16(22)14-5-3-4-13(10-14)11-20-17(23)15-6-7-18-12-15;;/h3-5,10,15,18H,6-9,11-12H2,1-2H3,(H,19,22)(H,20,23);2*1H. The van der Waals surface area contributed by atoms with Gasteiger partial charge in [0, 0.05) is 31.7 Å². The minimum Gasteiger partial charge on any atom is -0.352 e. The van der Waals surface area contributed by atoms with E-state index < -0.39 is 0 Å². The van der Waals surface area contributed by atoms with E-state index >= 15 is 0 Å². The first-order valence-corrected chi connectivity index (χ1v) is 8.06. The lowest BCUT2D eigenvalue weighted by Gasteiger charge is -2.12. The lowest BCUT2D eigenvalue weighted by atomic mass is 10.1. The van der Waals surface area contributed by atoms with Gasteiger partial charge in [-0.1, -0.05) is 12.1 Å². The fourth-order valence-corrected chi connectivity index (χ4v) is 2.53. The molecule has 1 aromatic rings. The third-order valence-corrected chi connectivity index (χ3v) is 3.93. The molecule has 1 aromatic carbocycles. The maximum atomic E-state index is 12.1. The molecular weight excluding hydrogens is 363 g/mol. The van der Waals surface area contributed by atoms with Gasteiger partial charge in [0.05, 0.1) is 5.92 Å². The van der Waals surface area contributed by atoms with Crippen molar-refractivity contribution in [2.45, 2.75) is 13.0 Å². The van der Waals surface area contributed by atoms with Crippen LogP contribution in [0.1, 0.15) is 22.3 Å². The summed E-state index contributed by atoms with van der Waals surface area (Å²) in [6.07, 6.45) is 0.889. The molecule has 6 nitrogen and oxygen atoms in total. The van der Waals surface area contributed by atoms with Gasteiger partial charge in [-0.05, 0) is 44.8 Å². The van der Waals surface area contributed by atoms with Crippen molar-refractivity contribution in [1.29, 1.82) is 0 Å². The molecule has 8 heteroatoms. The van der Waals surface area contributed by atoms with E-state index in [0.29, 0.717) is 18.7 Å². The Kier molecular flexibility index (Phi) is 11.4. The predicted molar refractivity (Wildman–Crippen MR) is 105 cm³/mol. The highest BCUT2D eigenvalue weighted by Crippen LogP contribution is 2.09. The molecule has 1 atom stereocenters. The summed E-state index contributed by atoms with van der Waals surface area (Å²) in [5.74, 6) is 0.0587. The molecule has 1 aliphatic heterocycles. The first-order chi connectivity index (χ1) is 11.1. The molecular formula is C17H28Cl2N4O2. The summed E-state index contributed by atoms with van der Waals surface area (Å²) in [7, 11) is 3.94. The van der Waals surface area contributed by atoms with Crippen LogP contribution < -0.4 is 16.0 Å². The average Bonchev–Trinajstić information content (AvgIpc) is 3.07. The largest absolute Gasteiger partial charge is 0.352 e. The summed E-state index contributed by atoms with van der Waals surface area (Å²) in [6.45, 7) is 3.52. The van der Waals surface area contributed by atoms with Crippen LogP contribution in [0.3, 0.4) is 0 Å². The van der Waals surface area contributed by atoms with Gasteiger partial charge in [0.2, 0.25) is 5.91 Å². The van der Waals surface area contributed by atoms with E-state index in [9.17, 15) is 9.59 Å². The Morgan fingerprint density at radius 2 is 2.00 bits per heavy atom. The minimum atomic E-state index is -0.0833. The number of nitrogens with one attached hydrogen (secondary N) is 3. The molecule has 25 heavy (non-hydrogen) atoms. The van der Waals surface area contributed by atoms with Gasteiger partial charge in [-0.15, -0.1) is 24.8 Å². The number of rotatable bonds is 7. The number of hydrogen-bond donors (Lipinski definition) is 3. The van der Waals surface area contributed by atoms with Gasteiger partial charge >= 0.3 is 0 Å². The summed E-state index contributed by atoms with van der Waals surface area (Å²) in [5, 5.41) is 9.02. The van der Waals surface area contributed by atoms with Gasteiger partial charge in [0.1, 0.15) is 0 Å². The van der Waals surface area contributed by atoms with E-state index in [1.807, 2.05) is 37.2 Å². The lowest BCUT2D eigenvalue weighted by molar-refractivity contribution is -0.124. The topological polar surface area (TPSA) is 73.5 Å². The number of carbonyl (C=O) groups is 2. The zero-order valence-electron chi connectivity index (χ0n) is 14.7. The zero-order valence-corrected chi connectivity index (χ0v) is 16.3. The molecule has 0 bridgehead atoms. The first-order valence-electron chi connectivity index (χ1n) is 8.06. The van der Waals surface area contributed by atoms with Crippen LogP contribution in [0.25, 0.3) is 0 Å². The highest BCUT2D eigenvalue weighted by molar-refractivity contribution is 5.94. The Hall–Kier alpha value is -1.34. The van der Waals surface area contributed by atoms with Crippen molar-refractivity contribution in [1.82, 2.24) is 20.9 Å². The van der Waals surface area contributed by atoms with E-state index in [1.165, 1.54) is 0 Å². The Bertz CT molecular complexity index is 549. The van der Waals surface area contributed by atoms with Crippen LogP contribution in [-0.2, 0) is 11.3 Å². The monoisotopic (exact) mass is 390 g/mol. The molecule has 0 aromatic heterocycles. The molecule has 0 spiro atoms. The van der Waals surface area contributed by atoms with Crippen molar-refractivity contribution in [3.63, 3.8) is 0 Å². The molecule has 1 saturated heterocycles. The second kappa shape index (κ2) is 12.1. The smallest absolute Gasteiger partial charge is 0.251 e. The number of benzene rings is 1. The number of amides is 2. The summed E-state index contributed by atoms with van der Waals surface area (Å²) in [6, 6.07) is 7.39. The predicted octanol–water partition coefficient (Wildman–Crippen LogP) is 1.05. The SMILES string of the molecule is CN(C)CCNC(=O)c1cccc(CNC(=O)C2CCNC2)c1.Cl.Cl. The summed E-state index contributed by atoms with van der Waals surface area (Å²) < 4.78 is 0. The molecule has 1 unspecified atom stereocenters. The van der Waals surface area contributed by atoms with Gasteiger partial charge in [0.25, 0.3) is 5.91 Å². The maximum Gasteiger partial charge on any atom is 0.251 e. The molecule has 2 rings (SSSR count). The van der Waals surface area contributed by atoms with Crippen LogP contribution in [0.4, 0.5) is 0 Å². The van der Waals surface area contributed by atoms with Crippen molar-refractivity contribution >= 4 is 36.6 Å². The Labute approximate surface area is 161 Å². The van der Waals surface area contributed by atoms with E-state index in [0.717, 1.165) is 31.6 Å². The molecule has 1 fully saturated rings. The molecule has 2 amide bonds. The van der Waals surface area contributed by atoms with E-state index in [4.69, 9.17) is 0 Å². The highest BCUT2D eigenvalue weighted by atomic mass is 35.5. The second-order valence-electron chi connectivity index (χ2n) is 6.17. The number of nitrogens with zero attached hydrogens (tertiary/aromatic N) is 1. The quantitative estimate of drug-likeness (QED) is 0.650. The summed E-state index contributed by atoms with van der Waals surface area (Å²) in [5.41, 5.74) is 1.56. The minimum absolute atomic E-state index is 0. The van der Waals surface area contributed by atoms with Crippen molar-refractivity contribution < 1.29 is 9.59 Å². The molecule has 3 N–H and O–H groups in total. The van der Waals surface area contributed by atoms with Crippen molar-refractivity contribution in [2.75, 3.05) is 40.3 Å². The third-order valence-electron chi connectivity index (χ3n) is 3.93. The lowest BCUT2D eigenvalue weighted by Crippen LogP contribution is -2.32. The van der Waals surface area contributed by atoms with Gasteiger partial charge in [-0.2, -0.15) is 0 Å². The summed E-state index contributed by atoms with van der Waals surface area (Å²) in [4.78, 5) is 26.1. The fourth-order valence-electron chi connectivity index (χ4n) is 2.53. The van der Waals surface area contributed by atoms with E-state index in [1.54, 1.807) is 6.07 Å². The van der Waals surface area contributed by atoms with Crippen LogP contribution in [0, 0.1) is 5.92 Å². The second-order valence-corrected chi connectivity index (χ2v) is 6.17. The van der Waals surface area contributed by atoms with Crippen LogP contribution in [-0.4, -0.2) is 57.0 Å². The molecule has 1 aliphatic rings. The van der Waals surface area contributed by atoms with E-state index in [2.05, 4.69) is 16.0 Å². The van der Waals surface area contributed by atoms with Gasteiger partial charge in [-0.25, -0.2) is 0 Å².